The molecule has 1 unspecified atom stereocenters. The van der Waals surface area contributed by atoms with E-state index in [-0.39, 0.29) is 5.56 Å². The molecule has 0 bridgehead atoms. The fraction of sp³-hybridized carbons (Fsp3) is 0.133. The van der Waals surface area contributed by atoms with Gasteiger partial charge in [0.25, 0.3) is 0 Å². The summed E-state index contributed by atoms with van der Waals surface area (Å²) in [6, 6.07) is 12.7. The number of hydrogen-bond donors (Lipinski definition) is 1. The van der Waals surface area contributed by atoms with Gasteiger partial charge in [-0.3, -0.25) is 14.9 Å². The molecule has 0 fully saturated rings. The maximum absolute atomic E-state index is 14.1. The highest BCUT2D eigenvalue weighted by Crippen LogP contribution is 2.26. The Labute approximate surface area is 119 Å². The van der Waals surface area contributed by atoms with Crippen LogP contribution in [0.2, 0.25) is 0 Å². The Morgan fingerprint density at radius 2 is 1.90 bits per heavy atom. The Balaban J connectivity index is 2.38. The molecule has 6 heteroatoms. The van der Waals surface area contributed by atoms with Crippen molar-refractivity contribution in [3.63, 3.8) is 0 Å². The normalized spacial score (nSPS) is 11.9. The summed E-state index contributed by atoms with van der Waals surface area (Å²) in [7, 11) is 0. The Kier molecular flexibility index (Phi) is 4.27. The minimum absolute atomic E-state index is 0.0800. The fourth-order valence-corrected chi connectivity index (χ4v) is 2.08. The van der Waals surface area contributed by atoms with Gasteiger partial charge in [0.1, 0.15) is 11.7 Å². The van der Waals surface area contributed by atoms with Crippen LogP contribution in [0.25, 0.3) is 11.1 Å². The molecule has 0 radical (unpaired) electrons. The van der Waals surface area contributed by atoms with Crippen LogP contribution in [-0.2, 0) is 4.79 Å². The van der Waals surface area contributed by atoms with Gasteiger partial charge in [-0.05, 0) is 17.2 Å². The lowest BCUT2D eigenvalue weighted by atomic mass is 9.96. The number of aliphatic carboxylic acids is 1. The second kappa shape index (κ2) is 6.13. The molecule has 0 spiro atoms. The Bertz CT molecular complexity index is 673. The zero-order valence-electron chi connectivity index (χ0n) is 10.9. The average molecular weight is 289 g/mol. The third-order valence-corrected chi connectivity index (χ3v) is 3.11. The number of rotatable bonds is 5. The van der Waals surface area contributed by atoms with Crippen molar-refractivity contribution < 1.29 is 19.2 Å². The SMILES string of the molecule is O=C(O)C(C[N+](=O)[O-])c1ccc(-c2ccccc2)c(F)c1. The molecule has 2 aromatic carbocycles. The molecule has 1 atom stereocenters. The summed E-state index contributed by atoms with van der Waals surface area (Å²) in [5, 5.41) is 19.5. The van der Waals surface area contributed by atoms with Crippen molar-refractivity contribution in [1.82, 2.24) is 0 Å². The van der Waals surface area contributed by atoms with Gasteiger partial charge < -0.3 is 5.11 Å². The van der Waals surface area contributed by atoms with Crippen molar-refractivity contribution in [2.24, 2.45) is 0 Å². The van der Waals surface area contributed by atoms with Gasteiger partial charge in [0.15, 0.2) is 0 Å². The number of nitrogens with zero attached hydrogens (tertiary/aromatic N) is 1. The van der Waals surface area contributed by atoms with E-state index in [9.17, 15) is 19.3 Å². The number of halogens is 1. The van der Waals surface area contributed by atoms with E-state index in [0.717, 1.165) is 6.07 Å². The molecule has 0 heterocycles. The average Bonchev–Trinajstić information content (AvgIpc) is 2.45. The van der Waals surface area contributed by atoms with Crippen LogP contribution in [0.4, 0.5) is 4.39 Å². The van der Waals surface area contributed by atoms with Crippen LogP contribution in [0.1, 0.15) is 11.5 Å². The van der Waals surface area contributed by atoms with E-state index < -0.39 is 29.2 Å². The summed E-state index contributed by atoms with van der Waals surface area (Å²) >= 11 is 0. The first-order valence-electron chi connectivity index (χ1n) is 6.18. The van der Waals surface area contributed by atoms with E-state index in [4.69, 9.17) is 5.11 Å². The predicted octanol–water partition coefficient (Wildman–Crippen LogP) is 2.94. The molecule has 2 aromatic rings. The Morgan fingerprint density at radius 1 is 1.24 bits per heavy atom. The van der Waals surface area contributed by atoms with Crippen LogP contribution in [-0.4, -0.2) is 22.5 Å². The summed E-state index contributed by atoms with van der Waals surface area (Å²) in [6.45, 7) is -0.778. The maximum atomic E-state index is 14.1. The van der Waals surface area contributed by atoms with Gasteiger partial charge in [0.2, 0.25) is 6.54 Å². The molecule has 0 aliphatic carbocycles. The zero-order chi connectivity index (χ0) is 15.4. The summed E-state index contributed by atoms with van der Waals surface area (Å²) in [5.74, 6) is -3.31. The fourth-order valence-electron chi connectivity index (χ4n) is 2.08. The van der Waals surface area contributed by atoms with Crippen LogP contribution < -0.4 is 0 Å². The third-order valence-electron chi connectivity index (χ3n) is 3.11. The second-order valence-corrected chi connectivity index (χ2v) is 4.51. The van der Waals surface area contributed by atoms with Gasteiger partial charge in [0, 0.05) is 10.5 Å². The van der Waals surface area contributed by atoms with Crippen molar-refractivity contribution in [3.05, 3.63) is 70.0 Å². The minimum Gasteiger partial charge on any atom is -0.481 e. The first kappa shape index (κ1) is 14.6. The zero-order valence-corrected chi connectivity index (χ0v) is 10.9. The number of carboxylic acid groups (broad SMARTS) is 1. The Morgan fingerprint density at radius 3 is 2.43 bits per heavy atom. The van der Waals surface area contributed by atoms with Crippen molar-refractivity contribution >= 4 is 5.97 Å². The largest absolute Gasteiger partial charge is 0.481 e. The van der Waals surface area contributed by atoms with Crippen LogP contribution in [0.5, 0.6) is 0 Å². The second-order valence-electron chi connectivity index (χ2n) is 4.51. The number of benzene rings is 2. The molecule has 0 saturated carbocycles. The first-order chi connectivity index (χ1) is 9.99. The number of hydrogen-bond acceptors (Lipinski definition) is 3. The Hall–Kier alpha value is -2.76. The molecule has 5 nitrogen and oxygen atoms in total. The number of carbonyl (C=O) groups is 1. The number of carboxylic acids is 1. The van der Waals surface area contributed by atoms with E-state index in [0.29, 0.717) is 11.1 Å². The molecule has 2 rings (SSSR count). The highest BCUT2D eigenvalue weighted by atomic mass is 19.1. The van der Waals surface area contributed by atoms with Crippen LogP contribution >= 0.6 is 0 Å². The number of nitro groups is 1. The molecule has 0 saturated heterocycles. The minimum atomic E-state index is -1.36. The molecule has 0 aliphatic heterocycles. The van der Waals surface area contributed by atoms with Gasteiger partial charge in [-0.15, -0.1) is 0 Å². The summed E-state index contributed by atoms with van der Waals surface area (Å²) < 4.78 is 14.1. The van der Waals surface area contributed by atoms with Crippen molar-refractivity contribution in [1.29, 1.82) is 0 Å². The lowest BCUT2D eigenvalue weighted by molar-refractivity contribution is -0.481. The quantitative estimate of drug-likeness (QED) is 0.678. The summed E-state index contributed by atoms with van der Waals surface area (Å²) in [4.78, 5) is 20.9. The van der Waals surface area contributed by atoms with Crippen LogP contribution in [0.15, 0.2) is 48.5 Å². The summed E-state index contributed by atoms with van der Waals surface area (Å²) in [6.07, 6.45) is 0. The van der Waals surface area contributed by atoms with Crippen LogP contribution in [0.3, 0.4) is 0 Å². The highest BCUT2D eigenvalue weighted by molar-refractivity contribution is 5.77. The van der Waals surface area contributed by atoms with Crippen molar-refractivity contribution in [2.45, 2.75) is 5.92 Å². The monoisotopic (exact) mass is 289 g/mol. The molecule has 0 amide bonds. The van der Waals surface area contributed by atoms with Gasteiger partial charge >= 0.3 is 5.97 Å². The van der Waals surface area contributed by atoms with Crippen molar-refractivity contribution in [2.75, 3.05) is 6.54 Å². The first-order valence-corrected chi connectivity index (χ1v) is 6.18. The predicted molar refractivity (Wildman–Crippen MR) is 74.1 cm³/mol. The third kappa shape index (κ3) is 3.42. The maximum Gasteiger partial charge on any atom is 0.317 e. The molecule has 21 heavy (non-hydrogen) atoms. The smallest absolute Gasteiger partial charge is 0.317 e. The molecule has 0 aliphatic rings. The van der Waals surface area contributed by atoms with E-state index in [1.54, 1.807) is 30.3 Å². The molecule has 0 aromatic heterocycles. The molecular weight excluding hydrogens is 277 g/mol. The van der Waals surface area contributed by atoms with Gasteiger partial charge in [-0.2, -0.15) is 0 Å². The van der Waals surface area contributed by atoms with E-state index in [1.807, 2.05) is 0 Å². The molecule has 1 N–H and O–H groups in total. The van der Waals surface area contributed by atoms with Crippen molar-refractivity contribution in [3.8, 4) is 11.1 Å². The standard InChI is InChI=1S/C15H12FNO4/c16-14-8-11(13(15(18)19)9-17(20)21)6-7-12(14)10-4-2-1-3-5-10/h1-8,13H,9H2,(H,18,19). The van der Waals surface area contributed by atoms with Crippen LogP contribution in [0, 0.1) is 15.9 Å². The lowest BCUT2D eigenvalue weighted by Crippen LogP contribution is -2.21. The summed E-state index contributed by atoms with van der Waals surface area (Å²) in [5.41, 5.74) is 1.06. The van der Waals surface area contributed by atoms with E-state index in [2.05, 4.69) is 0 Å². The topological polar surface area (TPSA) is 80.4 Å². The van der Waals surface area contributed by atoms with E-state index >= 15 is 0 Å². The lowest BCUT2D eigenvalue weighted by Gasteiger charge is -2.10. The molecular formula is C15H12FNO4. The van der Waals surface area contributed by atoms with E-state index in [1.165, 1.54) is 12.1 Å². The molecule has 108 valence electrons. The van der Waals surface area contributed by atoms with Gasteiger partial charge in [-0.1, -0.05) is 42.5 Å². The highest BCUT2D eigenvalue weighted by Gasteiger charge is 2.26. The van der Waals surface area contributed by atoms with Gasteiger partial charge in [-0.25, -0.2) is 4.39 Å². The van der Waals surface area contributed by atoms with Gasteiger partial charge in [0.05, 0.1) is 0 Å².